The molecular formula is C16H17N3O. The Bertz CT molecular complexity index is 733. The zero-order chi connectivity index (χ0) is 13.9. The number of nitrogens with one attached hydrogen (secondary N) is 1. The van der Waals surface area contributed by atoms with Crippen LogP contribution in [0.2, 0.25) is 0 Å². The lowest BCUT2D eigenvalue weighted by atomic mass is 10.1. The quantitative estimate of drug-likeness (QED) is 0.764. The molecule has 102 valence electrons. The minimum Gasteiger partial charge on any atom is -0.395 e. The molecule has 4 heteroatoms. The molecule has 3 rings (SSSR count). The highest BCUT2D eigenvalue weighted by Gasteiger charge is 2.14. The van der Waals surface area contributed by atoms with Gasteiger partial charge in [-0.2, -0.15) is 0 Å². The first-order chi connectivity index (χ1) is 9.85. The Balaban J connectivity index is 2.27. The average molecular weight is 267 g/mol. The summed E-state index contributed by atoms with van der Waals surface area (Å²) in [4.78, 5) is 4.72. The van der Waals surface area contributed by atoms with Gasteiger partial charge in [-0.05, 0) is 24.3 Å². The Morgan fingerprint density at radius 2 is 1.85 bits per heavy atom. The van der Waals surface area contributed by atoms with Gasteiger partial charge >= 0.3 is 0 Å². The molecule has 0 atom stereocenters. The second-order valence-corrected chi connectivity index (χ2v) is 4.59. The number of rotatable bonds is 4. The topological polar surface area (TPSA) is 50.1 Å². The summed E-state index contributed by atoms with van der Waals surface area (Å²) < 4.78 is 2.06. The highest BCUT2D eigenvalue weighted by molar-refractivity contribution is 5.84. The van der Waals surface area contributed by atoms with Gasteiger partial charge in [0.15, 0.2) is 0 Å². The SMILES string of the molecule is CNc1ccccc1-c1nc2ccccc2n1CCO. The molecule has 0 unspecified atom stereocenters. The molecule has 0 fully saturated rings. The molecule has 0 spiro atoms. The van der Waals surface area contributed by atoms with Crippen LogP contribution in [0.4, 0.5) is 5.69 Å². The molecule has 1 aromatic heterocycles. The van der Waals surface area contributed by atoms with Crippen LogP contribution < -0.4 is 5.32 Å². The Kier molecular flexibility index (Phi) is 3.39. The Morgan fingerprint density at radius 1 is 1.10 bits per heavy atom. The number of hydrogen-bond acceptors (Lipinski definition) is 3. The van der Waals surface area contributed by atoms with E-state index in [1.807, 2.05) is 55.6 Å². The van der Waals surface area contributed by atoms with Gasteiger partial charge in [0.05, 0.1) is 17.6 Å². The molecule has 4 nitrogen and oxygen atoms in total. The molecule has 2 N–H and O–H groups in total. The number of benzene rings is 2. The number of anilines is 1. The zero-order valence-electron chi connectivity index (χ0n) is 11.4. The number of fused-ring (bicyclic) bond motifs is 1. The smallest absolute Gasteiger partial charge is 0.143 e. The van der Waals surface area contributed by atoms with Crippen LogP contribution in [-0.4, -0.2) is 28.3 Å². The van der Waals surface area contributed by atoms with Crippen LogP contribution in [-0.2, 0) is 6.54 Å². The number of imidazole rings is 1. The molecule has 0 aliphatic rings. The average Bonchev–Trinajstić information content (AvgIpc) is 2.86. The minimum atomic E-state index is 0.0923. The van der Waals surface area contributed by atoms with E-state index in [2.05, 4.69) is 9.88 Å². The van der Waals surface area contributed by atoms with Crippen molar-refractivity contribution in [3.63, 3.8) is 0 Å². The van der Waals surface area contributed by atoms with Crippen LogP contribution in [0.3, 0.4) is 0 Å². The van der Waals surface area contributed by atoms with Crippen LogP contribution >= 0.6 is 0 Å². The van der Waals surface area contributed by atoms with Crippen molar-refractivity contribution in [2.24, 2.45) is 0 Å². The molecule has 20 heavy (non-hydrogen) atoms. The maximum absolute atomic E-state index is 9.33. The third-order valence-electron chi connectivity index (χ3n) is 3.42. The third-order valence-corrected chi connectivity index (χ3v) is 3.42. The van der Waals surface area contributed by atoms with E-state index in [0.29, 0.717) is 6.54 Å². The molecule has 0 bridgehead atoms. The molecular weight excluding hydrogens is 250 g/mol. The summed E-state index contributed by atoms with van der Waals surface area (Å²) in [6, 6.07) is 16.1. The van der Waals surface area contributed by atoms with Crippen LogP contribution in [0.25, 0.3) is 22.4 Å². The van der Waals surface area contributed by atoms with Crippen molar-refractivity contribution < 1.29 is 5.11 Å². The van der Waals surface area contributed by atoms with Gasteiger partial charge in [-0.15, -0.1) is 0 Å². The van der Waals surface area contributed by atoms with Gasteiger partial charge in [-0.1, -0.05) is 24.3 Å². The van der Waals surface area contributed by atoms with Gasteiger partial charge in [0.25, 0.3) is 0 Å². The predicted molar refractivity (Wildman–Crippen MR) is 81.8 cm³/mol. The molecule has 2 aromatic carbocycles. The number of aromatic nitrogens is 2. The normalized spacial score (nSPS) is 10.9. The van der Waals surface area contributed by atoms with Crippen molar-refractivity contribution in [1.29, 1.82) is 0 Å². The van der Waals surface area contributed by atoms with E-state index >= 15 is 0 Å². The fourth-order valence-corrected chi connectivity index (χ4v) is 2.50. The van der Waals surface area contributed by atoms with E-state index in [-0.39, 0.29) is 6.61 Å². The van der Waals surface area contributed by atoms with Crippen LogP contribution in [0.15, 0.2) is 48.5 Å². The first kappa shape index (κ1) is 12.7. The second-order valence-electron chi connectivity index (χ2n) is 4.59. The lowest BCUT2D eigenvalue weighted by molar-refractivity contribution is 0.278. The fourth-order valence-electron chi connectivity index (χ4n) is 2.50. The summed E-state index contributed by atoms with van der Waals surface area (Å²) in [5.74, 6) is 0.880. The molecule has 0 saturated heterocycles. The first-order valence-corrected chi connectivity index (χ1v) is 6.68. The Morgan fingerprint density at radius 3 is 2.65 bits per heavy atom. The largest absolute Gasteiger partial charge is 0.395 e. The maximum Gasteiger partial charge on any atom is 0.143 e. The number of nitrogens with zero attached hydrogens (tertiary/aromatic N) is 2. The Hall–Kier alpha value is -2.33. The number of aliphatic hydroxyl groups excluding tert-OH is 1. The minimum absolute atomic E-state index is 0.0923. The zero-order valence-corrected chi connectivity index (χ0v) is 11.4. The highest BCUT2D eigenvalue weighted by Crippen LogP contribution is 2.29. The molecule has 0 radical (unpaired) electrons. The number of para-hydroxylation sites is 3. The monoisotopic (exact) mass is 267 g/mol. The van der Waals surface area contributed by atoms with E-state index in [0.717, 1.165) is 28.1 Å². The third kappa shape index (κ3) is 2.04. The van der Waals surface area contributed by atoms with Gasteiger partial charge in [0.2, 0.25) is 0 Å². The molecule has 0 aliphatic heterocycles. The van der Waals surface area contributed by atoms with Gasteiger partial charge in [-0.3, -0.25) is 0 Å². The van der Waals surface area contributed by atoms with E-state index in [4.69, 9.17) is 4.98 Å². The summed E-state index contributed by atoms with van der Waals surface area (Å²) in [6.45, 7) is 0.628. The van der Waals surface area contributed by atoms with Gasteiger partial charge in [0.1, 0.15) is 5.82 Å². The van der Waals surface area contributed by atoms with Crippen molar-refractivity contribution in [1.82, 2.24) is 9.55 Å². The summed E-state index contributed by atoms with van der Waals surface area (Å²) >= 11 is 0. The van der Waals surface area contributed by atoms with Crippen LogP contribution in [0.1, 0.15) is 0 Å². The predicted octanol–water partition coefficient (Wildman–Crippen LogP) is 2.74. The van der Waals surface area contributed by atoms with Crippen molar-refractivity contribution in [3.8, 4) is 11.4 Å². The van der Waals surface area contributed by atoms with Gasteiger partial charge in [0, 0.05) is 24.8 Å². The van der Waals surface area contributed by atoms with Crippen molar-refractivity contribution in [3.05, 3.63) is 48.5 Å². The second kappa shape index (κ2) is 5.35. The van der Waals surface area contributed by atoms with Crippen molar-refractivity contribution in [2.75, 3.05) is 19.0 Å². The van der Waals surface area contributed by atoms with E-state index in [1.165, 1.54) is 0 Å². The molecule has 0 aliphatic carbocycles. The van der Waals surface area contributed by atoms with E-state index in [9.17, 15) is 5.11 Å². The summed E-state index contributed by atoms with van der Waals surface area (Å²) in [5.41, 5.74) is 4.06. The summed E-state index contributed by atoms with van der Waals surface area (Å²) in [5, 5.41) is 12.5. The number of aliphatic hydroxyl groups is 1. The van der Waals surface area contributed by atoms with E-state index in [1.54, 1.807) is 0 Å². The van der Waals surface area contributed by atoms with Gasteiger partial charge in [-0.25, -0.2) is 4.98 Å². The van der Waals surface area contributed by atoms with Crippen molar-refractivity contribution >= 4 is 16.7 Å². The van der Waals surface area contributed by atoms with Crippen LogP contribution in [0.5, 0.6) is 0 Å². The lowest BCUT2D eigenvalue weighted by Gasteiger charge is -2.11. The van der Waals surface area contributed by atoms with Gasteiger partial charge < -0.3 is 15.0 Å². The first-order valence-electron chi connectivity index (χ1n) is 6.68. The standard InChI is InChI=1S/C16H17N3O/c1-17-13-7-3-2-6-12(13)16-18-14-8-4-5-9-15(14)19(16)10-11-20/h2-9,17,20H,10-11H2,1H3. The van der Waals surface area contributed by atoms with E-state index < -0.39 is 0 Å². The molecule has 0 saturated carbocycles. The number of hydrogen-bond donors (Lipinski definition) is 2. The molecule has 1 heterocycles. The lowest BCUT2D eigenvalue weighted by Crippen LogP contribution is -2.05. The van der Waals surface area contributed by atoms with Crippen molar-refractivity contribution in [2.45, 2.75) is 6.54 Å². The Labute approximate surface area is 117 Å². The highest BCUT2D eigenvalue weighted by atomic mass is 16.3. The molecule has 0 amide bonds. The maximum atomic E-state index is 9.33. The fraction of sp³-hybridized carbons (Fsp3) is 0.188. The summed E-state index contributed by atoms with van der Waals surface area (Å²) in [6.07, 6.45) is 0. The summed E-state index contributed by atoms with van der Waals surface area (Å²) in [7, 11) is 1.90. The molecule has 3 aromatic rings. The van der Waals surface area contributed by atoms with Crippen LogP contribution in [0, 0.1) is 0 Å².